The molecular weight excluding hydrogens is 217 g/mol. The lowest BCUT2D eigenvalue weighted by Crippen LogP contribution is -2.42. The molecule has 0 aliphatic carbocycles. The first-order valence-corrected chi connectivity index (χ1v) is 6.91. The Morgan fingerprint density at radius 2 is 2.18 bits per heavy atom. The Balaban J connectivity index is 2.34. The normalized spacial score (nSPS) is 26.4. The fourth-order valence-electron chi connectivity index (χ4n) is 2.60. The molecule has 0 aromatic heterocycles. The predicted molar refractivity (Wildman–Crippen MR) is 68.8 cm³/mol. The number of carbonyl (C=O) groups is 1. The molecule has 0 aromatic carbocycles. The molecule has 2 nitrogen and oxygen atoms in total. The summed E-state index contributed by atoms with van der Waals surface area (Å²) in [5.74, 6) is 0.590. The number of rotatable bonds is 6. The summed E-state index contributed by atoms with van der Waals surface area (Å²) in [7, 11) is 0. The van der Waals surface area contributed by atoms with Crippen molar-refractivity contribution in [1.82, 2.24) is 4.90 Å². The van der Waals surface area contributed by atoms with E-state index in [0.29, 0.717) is 25.3 Å². The molecule has 1 saturated heterocycles. The standard InChI is InChI=1S/C14H26FNO/c1-4-6-16-7-5-12(14(15)10-16)9-13(17)8-11(2)3/h11-12,14H,4-10H2,1-3H3. The van der Waals surface area contributed by atoms with Crippen molar-refractivity contribution in [3.05, 3.63) is 0 Å². The van der Waals surface area contributed by atoms with E-state index in [4.69, 9.17) is 0 Å². The molecule has 0 N–H and O–H groups in total. The van der Waals surface area contributed by atoms with Crippen LogP contribution in [0.3, 0.4) is 0 Å². The van der Waals surface area contributed by atoms with Gasteiger partial charge in [-0.25, -0.2) is 4.39 Å². The zero-order chi connectivity index (χ0) is 12.8. The van der Waals surface area contributed by atoms with Crippen molar-refractivity contribution in [2.45, 2.75) is 52.6 Å². The third kappa shape index (κ3) is 5.15. The lowest BCUT2D eigenvalue weighted by Gasteiger charge is -2.34. The summed E-state index contributed by atoms with van der Waals surface area (Å²) in [4.78, 5) is 13.9. The van der Waals surface area contributed by atoms with Crippen molar-refractivity contribution in [3.63, 3.8) is 0 Å². The van der Waals surface area contributed by atoms with Crippen LogP contribution in [0.4, 0.5) is 4.39 Å². The maximum atomic E-state index is 13.9. The minimum Gasteiger partial charge on any atom is -0.300 e. The summed E-state index contributed by atoms with van der Waals surface area (Å²) < 4.78 is 13.9. The van der Waals surface area contributed by atoms with Crippen LogP contribution in [-0.2, 0) is 4.79 Å². The van der Waals surface area contributed by atoms with Crippen LogP contribution in [0.2, 0.25) is 0 Å². The van der Waals surface area contributed by atoms with Gasteiger partial charge in [-0.15, -0.1) is 0 Å². The Labute approximate surface area is 105 Å². The minimum atomic E-state index is -0.814. The fraction of sp³-hybridized carbons (Fsp3) is 0.929. The number of Topliss-reactive ketones (excluding diaryl/α,β-unsaturated/α-hetero) is 1. The molecule has 0 spiro atoms. The summed E-state index contributed by atoms with van der Waals surface area (Å²) in [6, 6.07) is 0. The smallest absolute Gasteiger partial charge is 0.133 e. The van der Waals surface area contributed by atoms with Gasteiger partial charge in [0.05, 0.1) is 0 Å². The Kier molecular flexibility index (Phi) is 6.10. The third-order valence-corrected chi connectivity index (χ3v) is 3.43. The number of halogens is 1. The number of likely N-dealkylation sites (tertiary alicyclic amines) is 1. The number of ketones is 1. The molecule has 0 amide bonds. The highest BCUT2D eigenvalue weighted by Crippen LogP contribution is 2.25. The molecule has 17 heavy (non-hydrogen) atoms. The van der Waals surface area contributed by atoms with Gasteiger partial charge in [0, 0.05) is 19.4 Å². The van der Waals surface area contributed by atoms with Gasteiger partial charge in [-0.2, -0.15) is 0 Å². The van der Waals surface area contributed by atoms with Crippen LogP contribution in [0.1, 0.15) is 46.5 Å². The van der Waals surface area contributed by atoms with Gasteiger partial charge in [0.25, 0.3) is 0 Å². The van der Waals surface area contributed by atoms with Gasteiger partial charge >= 0.3 is 0 Å². The van der Waals surface area contributed by atoms with Gasteiger partial charge in [-0.1, -0.05) is 20.8 Å². The number of nitrogens with zero attached hydrogens (tertiary/aromatic N) is 1. The number of piperidine rings is 1. The molecule has 1 rings (SSSR count). The van der Waals surface area contributed by atoms with Gasteiger partial charge in [-0.05, 0) is 37.8 Å². The largest absolute Gasteiger partial charge is 0.300 e. The van der Waals surface area contributed by atoms with E-state index < -0.39 is 6.17 Å². The van der Waals surface area contributed by atoms with E-state index in [9.17, 15) is 9.18 Å². The Bertz CT molecular complexity index is 242. The first-order valence-electron chi connectivity index (χ1n) is 6.91. The third-order valence-electron chi connectivity index (χ3n) is 3.43. The lowest BCUT2D eigenvalue weighted by atomic mass is 9.88. The number of alkyl halides is 1. The molecule has 0 bridgehead atoms. The Hall–Kier alpha value is -0.440. The van der Waals surface area contributed by atoms with Crippen molar-refractivity contribution in [1.29, 1.82) is 0 Å². The quantitative estimate of drug-likeness (QED) is 0.714. The van der Waals surface area contributed by atoms with E-state index in [-0.39, 0.29) is 11.7 Å². The number of hydrogen-bond acceptors (Lipinski definition) is 2. The zero-order valence-corrected chi connectivity index (χ0v) is 11.4. The molecule has 0 aromatic rings. The molecule has 0 saturated carbocycles. The minimum absolute atomic E-state index is 0.0330. The topological polar surface area (TPSA) is 20.3 Å². The molecular formula is C14H26FNO. The first kappa shape index (κ1) is 14.6. The van der Waals surface area contributed by atoms with Crippen molar-refractivity contribution in [2.24, 2.45) is 11.8 Å². The van der Waals surface area contributed by atoms with E-state index in [1.54, 1.807) is 0 Å². The SMILES string of the molecule is CCCN1CCC(CC(=O)CC(C)C)C(F)C1. The average Bonchev–Trinajstić information content (AvgIpc) is 2.21. The highest BCUT2D eigenvalue weighted by Gasteiger charge is 2.30. The van der Waals surface area contributed by atoms with Gasteiger partial charge in [0.15, 0.2) is 0 Å². The van der Waals surface area contributed by atoms with E-state index in [0.717, 1.165) is 25.9 Å². The molecule has 2 unspecified atom stereocenters. The molecule has 1 fully saturated rings. The zero-order valence-electron chi connectivity index (χ0n) is 11.4. The van der Waals surface area contributed by atoms with Crippen LogP contribution in [0.5, 0.6) is 0 Å². The Morgan fingerprint density at radius 3 is 2.71 bits per heavy atom. The van der Waals surface area contributed by atoms with Crippen LogP contribution in [-0.4, -0.2) is 36.5 Å². The second kappa shape index (κ2) is 7.10. The summed E-state index contributed by atoms with van der Waals surface area (Å²) in [5.41, 5.74) is 0. The molecule has 1 heterocycles. The van der Waals surface area contributed by atoms with E-state index in [1.807, 2.05) is 13.8 Å². The second-order valence-electron chi connectivity index (χ2n) is 5.71. The number of hydrogen-bond donors (Lipinski definition) is 0. The molecule has 2 atom stereocenters. The van der Waals surface area contributed by atoms with E-state index >= 15 is 0 Å². The lowest BCUT2D eigenvalue weighted by molar-refractivity contribution is -0.121. The average molecular weight is 243 g/mol. The van der Waals surface area contributed by atoms with E-state index in [2.05, 4.69) is 11.8 Å². The second-order valence-corrected chi connectivity index (χ2v) is 5.71. The van der Waals surface area contributed by atoms with Crippen molar-refractivity contribution in [3.8, 4) is 0 Å². The predicted octanol–water partition coefficient (Wildman–Crippen LogP) is 3.06. The Morgan fingerprint density at radius 1 is 1.47 bits per heavy atom. The van der Waals surface area contributed by atoms with Crippen molar-refractivity contribution in [2.75, 3.05) is 19.6 Å². The van der Waals surface area contributed by atoms with Crippen LogP contribution in [0.25, 0.3) is 0 Å². The summed E-state index contributed by atoms with van der Waals surface area (Å²) >= 11 is 0. The number of carbonyl (C=O) groups excluding carboxylic acids is 1. The van der Waals surface area contributed by atoms with Gasteiger partial charge in [-0.3, -0.25) is 4.79 Å². The molecule has 3 heteroatoms. The maximum absolute atomic E-state index is 13.9. The van der Waals surface area contributed by atoms with Crippen LogP contribution < -0.4 is 0 Å². The van der Waals surface area contributed by atoms with E-state index in [1.165, 1.54) is 0 Å². The molecule has 0 radical (unpaired) electrons. The fourth-order valence-corrected chi connectivity index (χ4v) is 2.60. The highest BCUT2D eigenvalue weighted by atomic mass is 19.1. The van der Waals surface area contributed by atoms with Gasteiger partial charge in [0.1, 0.15) is 12.0 Å². The molecule has 1 aliphatic heterocycles. The molecule has 1 aliphatic rings. The van der Waals surface area contributed by atoms with Crippen molar-refractivity contribution >= 4 is 5.78 Å². The van der Waals surface area contributed by atoms with Crippen LogP contribution in [0.15, 0.2) is 0 Å². The maximum Gasteiger partial charge on any atom is 0.133 e. The summed E-state index contributed by atoms with van der Waals surface area (Å²) in [6.45, 7) is 8.64. The monoisotopic (exact) mass is 243 g/mol. The summed E-state index contributed by atoms with van der Waals surface area (Å²) in [6.07, 6.45) is 2.14. The van der Waals surface area contributed by atoms with Crippen molar-refractivity contribution < 1.29 is 9.18 Å². The molecule has 100 valence electrons. The van der Waals surface area contributed by atoms with Crippen LogP contribution >= 0.6 is 0 Å². The summed E-state index contributed by atoms with van der Waals surface area (Å²) in [5, 5.41) is 0. The van der Waals surface area contributed by atoms with Gasteiger partial charge in [0.2, 0.25) is 0 Å². The van der Waals surface area contributed by atoms with Gasteiger partial charge < -0.3 is 4.90 Å². The van der Waals surface area contributed by atoms with Crippen LogP contribution in [0, 0.1) is 11.8 Å². The highest BCUT2D eigenvalue weighted by molar-refractivity contribution is 5.78. The first-order chi connectivity index (χ1) is 8.02.